The van der Waals surface area contributed by atoms with E-state index in [0.29, 0.717) is 16.5 Å². The van der Waals surface area contributed by atoms with E-state index in [0.717, 1.165) is 4.90 Å². The fourth-order valence-electron chi connectivity index (χ4n) is 3.11. The van der Waals surface area contributed by atoms with Crippen LogP contribution in [0.5, 0.6) is 0 Å². The molecule has 118 valence electrons. The van der Waals surface area contributed by atoms with Crippen LogP contribution < -0.4 is 5.06 Å². The molecule has 0 radical (unpaired) electrons. The maximum absolute atomic E-state index is 12.5. The molecule has 3 unspecified atom stereocenters. The van der Waals surface area contributed by atoms with Gasteiger partial charge in [-0.05, 0) is 36.4 Å². The van der Waals surface area contributed by atoms with Crippen LogP contribution in [0.15, 0.2) is 47.1 Å². The predicted octanol–water partition coefficient (Wildman–Crippen LogP) is 2.41. The van der Waals surface area contributed by atoms with Gasteiger partial charge in [-0.15, -0.1) is 0 Å². The molecule has 4 rings (SSSR count). The summed E-state index contributed by atoms with van der Waals surface area (Å²) in [5.41, 5.74) is 0.702. The van der Waals surface area contributed by atoms with Crippen LogP contribution in [0.25, 0.3) is 0 Å². The second-order valence-electron chi connectivity index (χ2n) is 5.55. The van der Waals surface area contributed by atoms with Gasteiger partial charge in [0.1, 0.15) is 17.7 Å². The highest BCUT2D eigenvalue weighted by Crippen LogP contribution is 2.46. The number of furan rings is 1. The molecule has 0 saturated carbocycles. The Kier molecular flexibility index (Phi) is 3.18. The number of carbonyl (C=O) groups excluding carboxylic acids is 2. The average Bonchev–Trinajstić information content (AvgIpc) is 3.24. The van der Waals surface area contributed by atoms with Crippen molar-refractivity contribution in [3.05, 3.63) is 53.4 Å². The van der Waals surface area contributed by atoms with Crippen LogP contribution in [-0.4, -0.2) is 29.9 Å². The number of rotatable bonds is 2. The predicted molar refractivity (Wildman–Crippen MR) is 81.5 cm³/mol. The first-order chi connectivity index (χ1) is 11.1. The average molecular weight is 333 g/mol. The molecule has 0 spiro atoms. The summed E-state index contributed by atoms with van der Waals surface area (Å²) in [6, 6.07) is 10.0. The summed E-state index contributed by atoms with van der Waals surface area (Å²) >= 11 is 5.92. The van der Waals surface area contributed by atoms with Gasteiger partial charge in [-0.3, -0.25) is 19.3 Å². The van der Waals surface area contributed by atoms with E-state index in [1.165, 1.54) is 13.3 Å². The molecule has 2 saturated heterocycles. The zero-order valence-corrected chi connectivity index (χ0v) is 12.9. The van der Waals surface area contributed by atoms with E-state index in [-0.39, 0.29) is 11.8 Å². The van der Waals surface area contributed by atoms with Crippen LogP contribution in [0.2, 0.25) is 5.02 Å². The third kappa shape index (κ3) is 2.06. The maximum Gasteiger partial charge on any atom is 0.261 e. The summed E-state index contributed by atoms with van der Waals surface area (Å²) in [7, 11) is 1.47. The number of fused-ring (bicyclic) bond motifs is 1. The van der Waals surface area contributed by atoms with Crippen LogP contribution in [0.1, 0.15) is 11.8 Å². The van der Waals surface area contributed by atoms with E-state index in [9.17, 15) is 9.59 Å². The summed E-state index contributed by atoms with van der Waals surface area (Å²) in [5.74, 6) is -0.663. The molecule has 23 heavy (non-hydrogen) atoms. The highest BCUT2D eigenvalue weighted by Gasteiger charge is 2.59. The molecule has 0 aliphatic carbocycles. The third-order valence-corrected chi connectivity index (χ3v) is 4.50. The molecule has 3 heterocycles. The lowest BCUT2D eigenvalue weighted by atomic mass is 9.94. The summed E-state index contributed by atoms with van der Waals surface area (Å²) in [6.07, 6.45) is 0.700. The summed E-state index contributed by atoms with van der Waals surface area (Å²) < 4.78 is 5.49. The second kappa shape index (κ2) is 5.11. The highest BCUT2D eigenvalue weighted by atomic mass is 35.5. The first-order valence-corrected chi connectivity index (χ1v) is 7.52. The van der Waals surface area contributed by atoms with E-state index in [4.69, 9.17) is 20.9 Å². The zero-order chi connectivity index (χ0) is 16.1. The Labute approximate surface area is 137 Å². The van der Waals surface area contributed by atoms with Gasteiger partial charge in [-0.2, -0.15) is 0 Å². The Morgan fingerprint density at radius 2 is 1.83 bits per heavy atom. The number of likely N-dealkylation sites (tertiary alicyclic amines) is 1. The molecule has 2 fully saturated rings. The van der Waals surface area contributed by atoms with Gasteiger partial charge >= 0.3 is 0 Å². The minimum absolute atomic E-state index is 0.266. The number of imide groups is 1. The van der Waals surface area contributed by atoms with Crippen molar-refractivity contribution in [3.63, 3.8) is 0 Å². The largest absolute Gasteiger partial charge is 0.467 e. The molecular weight excluding hydrogens is 320 g/mol. The molecule has 1 aromatic carbocycles. The topological polar surface area (TPSA) is 63.0 Å². The number of nitrogens with zero attached hydrogens (tertiary/aromatic N) is 2. The van der Waals surface area contributed by atoms with Gasteiger partial charge in [-0.1, -0.05) is 11.6 Å². The first kappa shape index (κ1) is 14.3. The molecule has 2 aliphatic rings. The minimum Gasteiger partial charge on any atom is -0.467 e. The molecule has 1 aromatic heterocycles. The smallest absolute Gasteiger partial charge is 0.261 e. The van der Waals surface area contributed by atoms with Gasteiger partial charge in [0.15, 0.2) is 6.10 Å². The zero-order valence-electron chi connectivity index (χ0n) is 12.2. The Balaban J connectivity index is 1.79. The fraction of sp³-hybridized carbons (Fsp3) is 0.250. The minimum atomic E-state index is -0.835. The van der Waals surface area contributed by atoms with Crippen molar-refractivity contribution in [3.8, 4) is 0 Å². The van der Waals surface area contributed by atoms with E-state index in [1.54, 1.807) is 41.5 Å². The highest BCUT2D eigenvalue weighted by molar-refractivity contribution is 6.30. The first-order valence-electron chi connectivity index (χ1n) is 7.14. The standard InChI is InChI=1S/C16H13ClN2O4/c1-18-15(20)12-13(11-3-2-8-22-11)19(23-14(12)16(18)21)10-6-4-9(17)5-7-10/h2-8,12-14H,1H3. The van der Waals surface area contributed by atoms with Crippen LogP contribution >= 0.6 is 11.6 Å². The second-order valence-corrected chi connectivity index (χ2v) is 5.99. The monoisotopic (exact) mass is 332 g/mol. The van der Waals surface area contributed by atoms with E-state index >= 15 is 0 Å². The van der Waals surface area contributed by atoms with Crippen LogP contribution in [0, 0.1) is 5.92 Å². The van der Waals surface area contributed by atoms with E-state index in [2.05, 4.69) is 0 Å². The number of carbonyl (C=O) groups is 2. The van der Waals surface area contributed by atoms with Crippen molar-refractivity contribution in [2.24, 2.45) is 5.92 Å². The van der Waals surface area contributed by atoms with Gasteiger partial charge < -0.3 is 4.42 Å². The molecule has 0 bridgehead atoms. The molecule has 6 nitrogen and oxygen atoms in total. The van der Waals surface area contributed by atoms with E-state index in [1.807, 2.05) is 0 Å². The molecule has 0 N–H and O–H groups in total. The van der Waals surface area contributed by atoms with Crippen molar-refractivity contribution in [1.82, 2.24) is 4.90 Å². The molecule has 3 atom stereocenters. The SMILES string of the molecule is CN1C(=O)C2ON(c3ccc(Cl)cc3)C(c3ccco3)C2C1=O. The number of hydrogen-bond donors (Lipinski definition) is 0. The fourth-order valence-corrected chi connectivity index (χ4v) is 3.24. The summed E-state index contributed by atoms with van der Waals surface area (Å²) in [5, 5.41) is 2.15. The quantitative estimate of drug-likeness (QED) is 0.790. The maximum atomic E-state index is 12.5. The molecular formula is C16H13ClN2O4. The van der Waals surface area contributed by atoms with Crippen LogP contribution in [0.4, 0.5) is 5.69 Å². The number of halogens is 1. The Morgan fingerprint density at radius 3 is 2.48 bits per heavy atom. The lowest BCUT2D eigenvalue weighted by Crippen LogP contribution is -2.34. The van der Waals surface area contributed by atoms with Gasteiger partial charge in [-0.25, -0.2) is 5.06 Å². The Morgan fingerprint density at radius 1 is 1.09 bits per heavy atom. The van der Waals surface area contributed by atoms with Gasteiger partial charge in [0, 0.05) is 12.1 Å². The van der Waals surface area contributed by atoms with Gasteiger partial charge in [0.2, 0.25) is 5.91 Å². The molecule has 7 heteroatoms. The number of amides is 2. The Bertz CT molecular complexity index is 759. The molecule has 2 amide bonds. The molecule has 2 aliphatic heterocycles. The summed E-state index contributed by atoms with van der Waals surface area (Å²) in [6.45, 7) is 0. The lowest BCUT2D eigenvalue weighted by Gasteiger charge is -2.26. The van der Waals surface area contributed by atoms with Crippen molar-refractivity contribution < 1.29 is 18.8 Å². The third-order valence-electron chi connectivity index (χ3n) is 4.25. The Hall–Kier alpha value is -2.31. The van der Waals surface area contributed by atoms with Crippen molar-refractivity contribution in [2.75, 3.05) is 12.1 Å². The summed E-state index contributed by atoms with van der Waals surface area (Å²) in [4.78, 5) is 31.6. The molecule has 2 aromatic rings. The number of benzene rings is 1. The van der Waals surface area contributed by atoms with Crippen molar-refractivity contribution >= 4 is 29.1 Å². The van der Waals surface area contributed by atoms with Crippen molar-refractivity contribution in [2.45, 2.75) is 12.1 Å². The lowest BCUT2D eigenvalue weighted by molar-refractivity contribution is -0.141. The van der Waals surface area contributed by atoms with Crippen LogP contribution in [-0.2, 0) is 14.4 Å². The van der Waals surface area contributed by atoms with Gasteiger partial charge in [0.05, 0.1) is 12.0 Å². The number of hydroxylamine groups is 1. The van der Waals surface area contributed by atoms with Gasteiger partial charge in [0.25, 0.3) is 5.91 Å². The number of likely N-dealkylation sites (N-methyl/N-ethyl adjacent to an activating group) is 1. The normalized spacial score (nSPS) is 27.0. The van der Waals surface area contributed by atoms with E-state index < -0.39 is 18.1 Å². The van der Waals surface area contributed by atoms with Crippen LogP contribution in [0.3, 0.4) is 0 Å². The number of hydrogen-bond acceptors (Lipinski definition) is 5. The van der Waals surface area contributed by atoms with Crippen molar-refractivity contribution in [1.29, 1.82) is 0 Å². The number of anilines is 1.